The van der Waals surface area contributed by atoms with Gasteiger partial charge in [-0.1, -0.05) is 201 Å². The van der Waals surface area contributed by atoms with Gasteiger partial charge in [0.1, 0.15) is 0 Å². The molecule has 0 aromatic carbocycles. The Labute approximate surface area is 307 Å². The van der Waals surface area contributed by atoms with Crippen molar-refractivity contribution in [2.75, 3.05) is 13.2 Å². The fourth-order valence-electron chi connectivity index (χ4n) is 5.71. The molecule has 0 aliphatic carbocycles. The maximum absolute atomic E-state index is 11.2. The van der Waals surface area contributed by atoms with Crippen LogP contribution in [-0.2, 0) is 28.7 Å². The normalized spacial score (nSPS) is 10.5. The number of carboxylic acid groups (broad SMARTS) is 1. The summed E-state index contributed by atoms with van der Waals surface area (Å²) in [5, 5.41) is 7.76. The minimum Gasteiger partial charge on any atom is -0.479 e. The lowest BCUT2D eigenvalue weighted by molar-refractivity contribution is -0.155. The molecule has 0 rings (SSSR count). The van der Waals surface area contributed by atoms with Crippen LogP contribution in [0.3, 0.4) is 0 Å². The van der Waals surface area contributed by atoms with E-state index >= 15 is 0 Å². The summed E-state index contributed by atoms with van der Waals surface area (Å²) in [7, 11) is 0. The Morgan fingerprint density at radius 2 is 0.633 bits per heavy atom. The van der Waals surface area contributed by atoms with Crippen LogP contribution in [0.15, 0.2) is 0 Å². The van der Waals surface area contributed by atoms with Crippen molar-refractivity contribution in [2.24, 2.45) is 0 Å². The predicted molar refractivity (Wildman–Crippen MR) is 206 cm³/mol. The molecular formula is C41H79ClO7. The summed E-state index contributed by atoms with van der Waals surface area (Å²) in [6, 6.07) is 0. The third kappa shape index (κ3) is 50.9. The second-order valence-corrected chi connectivity index (χ2v) is 13.9. The van der Waals surface area contributed by atoms with E-state index in [1.807, 2.05) is 0 Å². The van der Waals surface area contributed by atoms with Crippen molar-refractivity contribution < 1.29 is 33.8 Å². The average molecular weight is 720 g/mol. The predicted octanol–water partition coefficient (Wildman–Crippen LogP) is 13.1. The zero-order valence-electron chi connectivity index (χ0n) is 31.3. The van der Waals surface area contributed by atoms with Gasteiger partial charge < -0.3 is 14.6 Å². The number of esters is 2. The molecule has 0 bridgehead atoms. The summed E-state index contributed by atoms with van der Waals surface area (Å²) in [4.78, 5) is 43.1. The van der Waals surface area contributed by atoms with Crippen LogP contribution in [0.1, 0.15) is 227 Å². The first kappa shape index (κ1) is 51.7. The van der Waals surface area contributed by atoms with Crippen molar-refractivity contribution in [3.05, 3.63) is 0 Å². The van der Waals surface area contributed by atoms with E-state index in [1.165, 1.54) is 161 Å². The number of ether oxygens (including phenoxy) is 2. The molecule has 1 N–H and O–H groups in total. The summed E-state index contributed by atoms with van der Waals surface area (Å²) < 4.78 is 9.29. The largest absolute Gasteiger partial charge is 0.479 e. The lowest BCUT2D eigenvalue weighted by atomic mass is 10.0. The van der Waals surface area contributed by atoms with E-state index < -0.39 is 23.8 Å². The summed E-state index contributed by atoms with van der Waals surface area (Å²) in [6.07, 6.45) is 39.6. The zero-order chi connectivity index (χ0) is 35.8. The van der Waals surface area contributed by atoms with E-state index in [9.17, 15) is 19.2 Å². The zero-order valence-corrected chi connectivity index (χ0v) is 32.1. The smallest absolute Gasteiger partial charge is 0.341 e. The number of rotatable bonds is 36. The molecule has 0 aliphatic heterocycles. The van der Waals surface area contributed by atoms with Crippen molar-refractivity contribution >= 4 is 34.8 Å². The molecule has 0 heterocycles. The molecule has 0 aromatic rings. The molecule has 0 unspecified atom stereocenters. The van der Waals surface area contributed by atoms with E-state index in [0.29, 0.717) is 12.8 Å². The fourth-order valence-corrected chi connectivity index (χ4v) is 5.76. The Morgan fingerprint density at radius 1 is 0.408 bits per heavy atom. The van der Waals surface area contributed by atoms with Crippen LogP contribution in [0.2, 0.25) is 0 Å². The van der Waals surface area contributed by atoms with Crippen LogP contribution in [-0.4, -0.2) is 41.5 Å². The second kappa shape index (κ2) is 44.4. The molecule has 0 atom stereocenters. The van der Waals surface area contributed by atoms with E-state index in [4.69, 9.17) is 21.4 Å². The van der Waals surface area contributed by atoms with Gasteiger partial charge in [0.15, 0.2) is 13.2 Å². The Kier molecular flexibility index (Phi) is 46.9. The first-order chi connectivity index (χ1) is 23.3. The molecule has 0 fully saturated rings. The maximum atomic E-state index is 11.2. The van der Waals surface area contributed by atoms with Crippen molar-refractivity contribution in [2.45, 2.75) is 227 Å². The average Bonchev–Trinajstić information content (AvgIpc) is 3.06. The highest BCUT2D eigenvalue weighted by molar-refractivity contribution is 6.64. The number of aliphatic carboxylic acids is 1. The molecular weight excluding hydrogens is 640 g/mol. The van der Waals surface area contributed by atoms with Gasteiger partial charge in [-0.25, -0.2) is 4.79 Å². The SMILES string of the molecule is C.CCCCCCCCCCCCCCCCCC(=O)OCC(=O)Cl.CCCCCCCCCCCCCCCCCC(=O)OCC(=O)O. The first-order valence-electron chi connectivity index (χ1n) is 20.0. The van der Waals surface area contributed by atoms with Gasteiger partial charge in [-0.2, -0.15) is 0 Å². The molecule has 0 aliphatic rings. The van der Waals surface area contributed by atoms with Gasteiger partial charge in [-0.05, 0) is 24.4 Å². The number of hydrogen-bond acceptors (Lipinski definition) is 6. The molecule has 0 spiro atoms. The van der Waals surface area contributed by atoms with Gasteiger partial charge in [0.25, 0.3) is 5.24 Å². The van der Waals surface area contributed by atoms with Gasteiger partial charge in [0.2, 0.25) is 0 Å². The van der Waals surface area contributed by atoms with Gasteiger partial charge in [0.05, 0.1) is 0 Å². The number of carbonyl (C=O) groups is 4. The van der Waals surface area contributed by atoms with E-state index in [-0.39, 0.29) is 20.0 Å². The van der Waals surface area contributed by atoms with Crippen LogP contribution in [0.4, 0.5) is 0 Å². The minimum atomic E-state index is -1.10. The van der Waals surface area contributed by atoms with Gasteiger partial charge >= 0.3 is 17.9 Å². The van der Waals surface area contributed by atoms with Gasteiger partial charge in [-0.15, -0.1) is 0 Å². The van der Waals surface area contributed by atoms with Gasteiger partial charge in [0, 0.05) is 12.8 Å². The molecule has 49 heavy (non-hydrogen) atoms. The monoisotopic (exact) mass is 719 g/mol. The third-order valence-corrected chi connectivity index (χ3v) is 8.78. The molecule has 0 radical (unpaired) electrons. The molecule has 7 nitrogen and oxygen atoms in total. The lowest BCUT2D eigenvalue weighted by Gasteiger charge is -2.04. The second-order valence-electron chi connectivity index (χ2n) is 13.5. The quantitative estimate of drug-likeness (QED) is 0.0390. The molecule has 292 valence electrons. The number of unbranched alkanes of at least 4 members (excludes halogenated alkanes) is 28. The highest BCUT2D eigenvalue weighted by Crippen LogP contribution is 2.15. The third-order valence-electron chi connectivity index (χ3n) is 8.67. The van der Waals surface area contributed by atoms with E-state index in [1.54, 1.807) is 0 Å². The molecule has 0 saturated carbocycles. The first-order valence-corrected chi connectivity index (χ1v) is 20.4. The number of carbonyl (C=O) groups excluding carboxylic acids is 3. The Balaban J connectivity index is -0.000000846. The topological polar surface area (TPSA) is 107 Å². The van der Waals surface area contributed by atoms with E-state index in [2.05, 4.69) is 18.6 Å². The van der Waals surface area contributed by atoms with Crippen LogP contribution >= 0.6 is 11.6 Å². The van der Waals surface area contributed by atoms with Crippen molar-refractivity contribution in [1.82, 2.24) is 0 Å². The molecule has 0 saturated heterocycles. The Morgan fingerprint density at radius 3 is 0.857 bits per heavy atom. The van der Waals surface area contributed by atoms with Crippen LogP contribution in [0.25, 0.3) is 0 Å². The summed E-state index contributed by atoms with van der Waals surface area (Å²) in [6.45, 7) is 3.70. The van der Waals surface area contributed by atoms with E-state index in [0.717, 1.165) is 32.1 Å². The fraction of sp³-hybridized carbons (Fsp3) is 0.902. The Bertz CT molecular complexity index is 669. The molecule has 0 amide bonds. The standard InChI is InChI=1S/C20H37ClO3.C20H38O4.CH4/c2*1-2-3-4-5-6-7-8-9-10-11-12-13-14-15-16-17-20(23)24-18-19(21)22;/h2-18H2,1H3;2-18H2,1H3,(H,21,22);1H4. The highest BCUT2D eigenvalue weighted by atomic mass is 35.5. The summed E-state index contributed by atoms with van der Waals surface area (Å²) in [5.41, 5.74) is 0. The maximum Gasteiger partial charge on any atom is 0.341 e. The van der Waals surface area contributed by atoms with Crippen molar-refractivity contribution in [3.8, 4) is 0 Å². The molecule has 0 aromatic heterocycles. The Hall–Kier alpha value is -1.63. The summed E-state index contributed by atoms with van der Waals surface area (Å²) >= 11 is 5.10. The molecule has 8 heteroatoms. The van der Waals surface area contributed by atoms with Crippen LogP contribution < -0.4 is 0 Å². The van der Waals surface area contributed by atoms with Crippen LogP contribution in [0.5, 0.6) is 0 Å². The number of halogens is 1. The summed E-state index contributed by atoms with van der Waals surface area (Å²) in [5.74, 6) is -1.81. The number of carboxylic acids is 1. The number of hydrogen-bond donors (Lipinski definition) is 1. The lowest BCUT2D eigenvalue weighted by Crippen LogP contribution is -2.12. The highest BCUT2D eigenvalue weighted by Gasteiger charge is 2.06. The van der Waals surface area contributed by atoms with Crippen LogP contribution in [0, 0.1) is 0 Å². The van der Waals surface area contributed by atoms with Crippen molar-refractivity contribution in [3.63, 3.8) is 0 Å². The van der Waals surface area contributed by atoms with Crippen molar-refractivity contribution in [1.29, 1.82) is 0 Å². The minimum absolute atomic E-state index is 0. The van der Waals surface area contributed by atoms with Gasteiger partial charge in [-0.3, -0.25) is 14.4 Å².